The first-order valence-corrected chi connectivity index (χ1v) is 6.66. The summed E-state index contributed by atoms with van der Waals surface area (Å²) in [4.78, 5) is 25.8. The molecule has 6 nitrogen and oxygen atoms in total. The molecule has 0 aliphatic heterocycles. The standard InChI is InChI=1S/C16H16N2O4/c1-17(2)15(19)14(12-8-4-3-5-9-12)22-16(20)13-10-6-7-11-18(13)21/h3-11,14H,1-2H3/t14-/m0/s1. The Labute approximate surface area is 128 Å². The van der Waals surface area contributed by atoms with Crippen LogP contribution in [-0.2, 0) is 9.53 Å². The summed E-state index contributed by atoms with van der Waals surface area (Å²) in [6, 6.07) is 13.1. The molecule has 2 aromatic rings. The Morgan fingerprint density at radius 2 is 1.73 bits per heavy atom. The van der Waals surface area contributed by atoms with E-state index in [0.717, 1.165) is 0 Å². The molecule has 0 aliphatic rings. The maximum Gasteiger partial charge on any atom is 0.406 e. The molecule has 1 aromatic carbocycles. The fourth-order valence-electron chi connectivity index (χ4n) is 1.88. The highest BCUT2D eigenvalue weighted by molar-refractivity contribution is 5.90. The molecule has 0 spiro atoms. The number of pyridine rings is 1. The minimum atomic E-state index is -1.09. The number of benzene rings is 1. The Kier molecular flexibility index (Phi) is 4.73. The second kappa shape index (κ2) is 6.71. The minimum Gasteiger partial charge on any atom is -0.618 e. The number of esters is 1. The summed E-state index contributed by atoms with van der Waals surface area (Å²) in [7, 11) is 3.14. The number of amides is 1. The quantitative estimate of drug-likeness (QED) is 0.485. The van der Waals surface area contributed by atoms with Crippen LogP contribution in [0.2, 0.25) is 0 Å². The van der Waals surface area contributed by atoms with Crippen molar-refractivity contribution in [3.8, 4) is 0 Å². The maximum absolute atomic E-state index is 12.3. The zero-order chi connectivity index (χ0) is 16.1. The van der Waals surface area contributed by atoms with E-state index in [1.807, 2.05) is 0 Å². The van der Waals surface area contributed by atoms with Crippen molar-refractivity contribution in [3.05, 3.63) is 71.2 Å². The van der Waals surface area contributed by atoms with Gasteiger partial charge < -0.3 is 14.8 Å². The van der Waals surface area contributed by atoms with E-state index in [1.54, 1.807) is 50.5 Å². The molecule has 114 valence electrons. The van der Waals surface area contributed by atoms with E-state index < -0.39 is 12.1 Å². The summed E-state index contributed by atoms with van der Waals surface area (Å²) >= 11 is 0. The Bertz CT molecular complexity index is 671. The third-order valence-corrected chi connectivity index (χ3v) is 3.03. The molecule has 22 heavy (non-hydrogen) atoms. The van der Waals surface area contributed by atoms with Crippen LogP contribution in [0.4, 0.5) is 0 Å². The van der Waals surface area contributed by atoms with Crippen molar-refractivity contribution in [2.45, 2.75) is 6.10 Å². The van der Waals surface area contributed by atoms with Crippen LogP contribution in [0.15, 0.2) is 54.7 Å². The number of hydrogen-bond acceptors (Lipinski definition) is 4. The van der Waals surface area contributed by atoms with Crippen molar-refractivity contribution in [2.24, 2.45) is 0 Å². The average Bonchev–Trinajstić information content (AvgIpc) is 2.53. The summed E-state index contributed by atoms with van der Waals surface area (Å²) in [5, 5.41) is 11.6. The third-order valence-electron chi connectivity index (χ3n) is 3.03. The van der Waals surface area contributed by atoms with Gasteiger partial charge >= 0.3 is 11.7 Å². The number of carbonyl (C=O) groups excluding carboxylic acids is 2. The summed E-state index contributed by atoms with van der Waals surface area (Å²) < 4.78 is 5.68. The molecule has 0 bridgehead atoms. The molecular weight excluding hydrogens is 284 g/mol. The van der Waals surface area contributed by atoms with Gasteiger partial charge in [-0.05, 0) is 6.07 Å². The number of aromatic nitrogens is 1. The predicted molar refractivity (Wildman–Crippen MR) is 78.7 cm³/mol. The van der Waals surface area contributed by atoms with Crippen LogP contribution in [-0.4, -0.2) is 30.9 Å². The van der Waals surface area contributed by atoms with E-state index in [2.05, 4.69) is 0 Å². The van der Waals surface area contributed by atoms with Gasteiger partial charge in [-0.25, -0.2) is 4.79 Å². The van der Waals surface area contributed by atoms with Crippen LogP contribution < -0.4 is 4.73 Å². The molecule has 0 saturated carbocycles. The van der Waals surface area contributed by atoms with Gasteiger partial charge in [-0.1, -0.05) is 30.3 Å². The molecule has 2 rings (SSSR count). The normalized spacial score (nSPS) is 11.5. The van der Waals surface area contributed by atoms with Gasteiger partial charge in [0.1, 0.15) is 0 Å². The minimum absolute atomic E-state index is 0.171. The molecule has 1 aromatic heterocycles. The van der Waals surface area contributed by atoms with Crippen molar-refractivity contribution in [1.82, 2.24) is 4.90 Å². The lowest BCUT2D eigenvalue weighted by Gasteiger charge is -2.20. The zero-order valence-electron chi connectivity index (χ0n) is 12.3. The van der Waals surface area contributed by atoms with E-state index >= 15 is 0 Å². The summed E-state index contributed by atoms with van der Waals surface area (Å²) in [5.74, 6) is -1.23. The van der Waals surface area contributed by atoms with E-state index in [0.29, 0.717) is 10.3 Å². The number of ether oxygens (including phenoxy) is 1. The molecule has 1 amide bonds. The Morgan fingerprint density at radius 3 is 2.32 bits per heavy atom. The van der Waals surface area contributed by atoms with Crippen LogP contribution in [0.3, 0.4) is 0 Å². The number of carbonyl (C=O) groups is 2. The SMILES string of the molecule is CN(C)C(=O)[C@@H](OC(=O)c1cccc[n+]1[O-])c1ccccc1. The molecule has 0 unspecified atom stereocenters. The lowest BCUT2D eigenvalue weighted by atomic mass is 10.1. The molecular formula is C16H16N2O4. The topological polar surface area (TPSA) is 73.5 Å². The second-order valence-corrected chi connectivity index (χ2v) is 4.84. The van der Waals surface area contributed by atoms with E-state index in [1.165, 1.54) is 23.2 Å². The molecule has 0 aliphatic carbocycles. The van der Waals surface area contributed by atoms with Crippen molar-refractivity contribution < 1.29 is 19.1 Å². The van der Waals surface area contributed by atoms with Gasteiger partial charge in [-0.3, -0.25) is 4.79 Å². The maximum atomic E-state index is 12.3. The summed E-state index contributed by atoms with van der Waals surface area (Å²) in [5.41, 5.74) is 0.373. The molecule has 0 fully saturated rings. The van der Waals surface area contributed by atoms with Gasteiger partial charge in [0.15, 0.2) is 6.20 Å². The summed E-state index contributed by atoms with van der Waals surface area (Å²) in [6.45, 7) is 0. The fourth-order valence-corrected chi connectivity index (χ4v) is 1.88. The molecule has 1 atom stereocenters. The number of likely N-dealkylation sites (N-methyl/N-ethyl adjacent to an activating group) is 1. The number of rotatable bonds is 4. The first kappa shape index (κ1) is 15.5. The van der Waals surface area contributed by atoms with Crippen molar-refractivity contribution in [2.75, 3.05) is 14.1 Å². The monoisotopic (exact) mass is 300 g/mol. The third kappa shape index (κ3) is 3.41. The van der Waals surface area contributed by atoms with E-state index in [9.17, 15) is 14.8 Å². The average molecular weight is 300 g/mol. The number of nitrogens with zero attached hydrogens (tertiary/aromatic N) is 2. The van der Waals surface area contributed by atoms with Crippen molar-refractivity contribution in [1.29, 1.82) is 0 Å². The highest BCUT2D eigenvalue weighted by Crippen LogP contribution is 2.20. The predicted octanol–water partition coefficient (Wildman–Crippen LogP) is 1.31. The summed E-state index contributed by atoms with van der Waals surface area (Å²) in [6.07, 6.45) is 0.103. The van der Waals surface area contributed by atoms with Crippen LogP contribution in [0.1, 0.15) is 22.2 Å². The Hall–Kier alpha value is -2.89. The van der Waals surface area contributed by atoms with Crippen molar-refractivity contribution in [3.63, 3.8) is 0 Å². The highest BCUT2D eigenvalue weighted by Gasteiger charge is 2.29. The molecule has 0 saturated heterocycles. The van der Waals surface area contributed by atoms with E-state index in [-0.39, 0.29) is 11.6 Å². The van der Waals surface area contributed by atoms with Gasteiger partial charge in [-0.2, -0.15) is 4.73 Å². The van der Waals surface area contributed by atoms with Gasteiger partial charge in [0.2, 0.25) is 6.10 Å². The Balaban J connectivity index is 2.29. The molecule has 1 heterocycles. The lowest BCUT2D eigenvalue weighted by Crippen LogP contribution is -2.37. The molecule has 0 radical (unpaired) electrons. The van der Waals surface area contributed by atoms with E-state index in [4.69, 9.17) is 4.74 Å². The smallest absolute Gasteiger partial charge is 0.406 e. The molecule has 0 N–H and O–H groups in total. The highest BCUT2D eigenvalue weighted by atomic mass is 16.6. The van der Waals surface area contributed by atoms with Crippen LogP contribution >= 0.6 is 0 Å². The van der Waals surface area contributed by atoms with Crippen LogP contribution in [0.25, 0.3) is 0 Å². The first-order chi connectivity index (χ1) is 10.5. The Morgan fingerprint density at radius 1 is 1.09 bits per heavy atom. The van der Waals surface area contributed by atoms with Crippen LogP contribution in [0.5, 0.6) is 0 Å². The van der Waals surface area contributed by atoms with Gasteiger partial charge in [0, 0.05) is 31.8 Å². The van der Waals surface area contributed by atoms with Crippen LogP contribution in [0, 0.1) is 5.21 Å². The van der Waals surface area contributed by atoms with Gasteiger partial charge in [0.25, 0.3) is 5.91 Å². The first-order valence-electron chi connectivity index (χ1n) is 6.66. The number of hydrogen-bond donors (Lipinski definition) is 0. The fraction of sp³-hybridized carbons (Fsp3) is 0.188. The molecule has 6 heteroatoms. The van der Waals surface area contributed by atoms with Crippen molar-refractivity contribution >= 4 is 11.9 Å². The lowest BCUT2D eigenvalue weighted by molar-refractivity contribution is -0.608. The second-order valence-electron chi connectivity index (χ2n) is 4.84. The van der Waals surface area contributed by atoms with Gasteiger partial charge in [0.05, 0.1) is 0 Å². The van der Waals surface area contributed by atoms with Gasteiger partial charge in [-0.15, -0.1) is 0 Å². The zero-order valence-corrected chi connectivity index (χ0v) is 12.3. The largest absolute Gasteiger partial charge is 0.618 e.